The molecule has 0 spiro atoms. The summed E-state index contributed by atoms with van der Waals surface area (Å²) in [7, 11) is 0. The van der Waals surface area contributed by atoms with E-state index < -0.39 is 0 Å². The molecule has 0 aliphatic carbocycles. The molecule has 3 rings (SSSR count). The predicted octanol–water partition coefficient (Wildman–Crippen LogP) is 3.59. The van der Waals surface area contributed by atoms with Crippen LogP contribution in [0.15, 0.2) is 30.3 Å². The lowest BCUT2D eigenvalue weighted by atomic mass is 10.1. The van der Waals surface area contributed by atoms with Crippen LogP contribution in [0.4, 0.5) is 5.69 Å². The van der Waals surface area contributed by atoms with E-state index in [0.29, 0.717) is 5.88 Å². The van der Waals surface area contributed by atoms with Gasteiger partial charge in [-0.1, -0.05) is 18.2 Å². The molecular weight excluding hydrogens is 272 g/mol. The van der Waals surface area contributed by atoms with Crippen LogP contribution in [0.25, 0.3) is 10.9 Å². The quantitative estimate of drug-likeness (QED) is 0.791. The van der Waals surface area contributed by atoms with Crippen molar-refractivity contribution in [3.63, 3.8) is 0 Å². The Morgan fingerprint density at radius 3 is 2.90 bits per heavy atom. The zero-order chi connectivity index (χ0) is 14.2. The third-order valence-electron chi connectivity index (χ3n) is 3.65. The van der Waals surface area contributed by atoms with Crippen LogP contribution in [0.5, 0.6) is 0 Å². The molecule has 1 aliphatic rings. The summed E-state index contributed by atoms with van der Waals surface area (Å²) in [5, 5.41) is 1.18. The number of benzene rings is 1. The smallest absolute Gasteiger partial charge is 0.0801 e. The van der Waals surface area contributed by atoms with Crippen LogP contribution in [-0.2, 0) is 10.6 Å². The molecule has 0 radical (unpaired) electrons. The first kappa shape index (κ1) is 13.7. The summed E-state index contributed by atoms with van der Waals surface area (Å²) >= 11 is 5.99. The Hall–Kier alpha value is -1.32. The van der Waals surface area contributed by atoms with Gasteiger partial charge in [-0.3, -0.25) is 4.98 Å². The van der Waals surface area contributed by atoms with Crippen molar-refractivity contribution in [3.05, 3.63) is 36.0 Å². The second-order valence-electron chi connectivity index (χ2n) is 5.81. The van der Waals surface area contributed by atoms with E-state index in [4.69, 9.17) is 16.3 Å². The lowest BCUT2D eigenvalue weighted by Gasteiger charge is -2.40. The largest absolute Gasteiger partial charge is 0.372 e. The highest BCUT2D eigenvalue weighted by Crippen LogP contribution is 2.30. The van der Waals surface area contributed by atoms with Crippen LogP contribution in [0.3, 0.4) is 0 Å². The first-order valence-electron chi connectivity index (χ1n) is 6.93. The Kier molecular flexibility index (Phi) is 3.57. The molecule has 1 aliphatic heterocycles. The Labute approximate surface area is 124 Å². The van der Waals surface area contributed by atoms with E-state index in [1.165, 1.54) is 11.1 Å². The van der Waals surface area contributed by atoms with Gasteiger partial charge in [0.15, 0.2) is 0 Å². The molecule has 2 heterocycles. The number of aromatic nitrogens is 1. The number of hydrogen-bond acceptors (Lipinski definition) is 3. The lowest BCUT2D eigenvalue weighted by Crippen LogP contribution is -2.48. The normalized spacial score (nSPS) is 18.4. The minimum atomic E-state index is -0.121. The zero-order valence-corrected chi connectivity index (χ0v) is 12.7. The van der Waals surface area contributed by atoms with Crippen molar-refractivity contribution in [3.8, 4) is 0 Å². The van der Waals surface area contributed by atoms with Gasteiger partial charge < -0.3 is 9.64 Å². The van der Waals surface area contributed by atoms with Crippen LogP contribution in [0.2, 0.25) is 0 Å². The number of para-hydroxylation sites is 1. The Bertz CT molecular complexity index is 627. The number of fused-ring (bicyclic) bond motifs is 1. The minimum absolute atomic E-state index is 0.121. The highest BCUT2D eigenvalue weighted by Gasteiger charge is 2.28. The van der Waals surface area contributed by atoms with Crippen molar-refractivity contribution in [2.75, 3.05) is 24.6 Å². The SMILES string of the molecule is CC1(C)CN(c2cc(CCl)nc3ccccc23)CCO1. The molecule has 1 saturated heterocycles. The standard InChI is InChI=1S/C16H19ClN2O/c1-16(2)11-19(7-8-20-16)15-9-12(10-17)18-14-6-4-3-5-13(14)15/h3-6,9H,7-8,10-11H2,1-2H3. The fourth-order valence-electron chi connectivity index (χ4n) is 2.76. The van der Waals surface area contributed by atoms with Gasteiger partial charge in [-0.05, 0) is 26.0 Å². The van der Waals surface area contributed by atoms with Crippen LogP contribution in [-0.4, -0.2) is 30.3 Å². The fraction of sp³-hybridized carbons (Fsp3) is 0.438. The number of morpholine rings is 1. The molecule has 106 valence electrons. The van der Waals surface area contributed by atoms with Crippen molar-refractivity contribution in [1.29, 1.82) is 0 Å². The molecule has 0 saturated carbocycles. The Morgan fingerprint density at radius 1 is 1.35 bits per heavy atom. The summed E-state index contributed by atoms with van der Waals surface area (Å²) in [4.78, 5) is 6.97. The van der Waals surface area contributed by atoms with Gasteiger partial charge in [0.1, 0.15) is 0 Å². The van der Waals surface area contributed by atoms with E-state index in [-0.39, 0.29) is 5.60 Å². The molecule has 3 nitrogen and oxygen atoms in total. The van der Waals surface area contributed by atoms with Gasteiger partial charge in [-0.15, -0.1) is 11.6 Å². The monoisotopic (exact) mass is 290 g/mol. The van der Waals surface area contributed by atoms with Crippen molar-refractivity contribution < 1.29 is 4.74 Å². The molecule has 0 bridgehead atoms. The van der Waals surface area contributed by atoms with E-state index in [0.717, 1.165) is 30.9 Å². The lowest BCUT2D eigenvalue weighted by molar-refractivity contribution is -0.0276. The Balaban J connectivity index is 2.09. The van der Waals surface area contributed by atoms with Gasteiger partial charge in [0.2, 0.25) is 0 Å². The molecule has 4 heteroatoms. The highest BCUT2D eigenvalue weighted by atomic mass is 35.5. The topological polar surface area (TPSA) is 25.4 Å². The van der Waals surface area contributed by atoms with Gasteiger partial charge in [0, 0.05) is 24.2 Å². The second-order valence-corrected chi connectivity index (χ2v) is 6.08. The molecule has 1 aromatic carbocycles. The number of nitrogens with zero attached hydrogens (tertiary/aromatic N) is 2. The molecule has 20 heavy (non-hydrogen) atoms. The average molecular weight is 291 g/mol. The number of alkyl halides is 1. The summed E-state index contributed by atoms with van der Waals surface area (Å²) in [6, 6.07) is 10.3. The van der Waals surface area contributed by atoms with Crippen molar-refractivity contribution in [2.45, 2.75) is 25.3 Å². The molecule has 1 aromatic heterocycles. The fourth-order valence-corrected chi connectivity index (χ4v) is 2.90. The number of hydrogen-bond donors (Lipinski definition) is 0. The summed E-state index contributed by atoms with van der Waals surface area (Å²) < 4.78 is 5.80. The summed E-state index contributed by atoms with van der Waals surface area (Å²) in [5.74, 6) is 0.436. The number of ether oxygens (including phenoxy) is 1. The van der Waals surface area contributed by atoms with Crippen molar-refractivity contribution in [1.82, 2.24) is 4.98 Å². The Morgan fingerprint density at radius 2 is 2.15 bits per heavy atom. The summed E-state index contributed by atoms with van der Waals surface area (Å²) in [6.07, 6.45) is 0. The zero-order valence-electron chi connectivity index (χ0n) is 11.9. The predicted molar refractivity (Wildman–Crippen MR) is 83.5 cm³/mol. The van der Waals surface area contributed by atoms with Gasteiger partial charge in [0.25, 0.3) is 0 Å². The highest BCUT2D eigenvalue weighted by molar-refractivity contribution is 6.17. The van der Waals surface area contributed by atoms with Crippen LogP contribution in [0.1, 0.15) is 19.5 Å². The van der Waals surface area contributed by atoms with E-state index in [9.17, 15) is 0 Å². The number of pyridine rings is 1. The molecule has 0 N–H and O–H groups in total. The van der Waals surface area contributed by atoms with E-state index in [1.807, 2.05) is 12.1 Å². The summed E-state index contributed by atoms with van der Waals surface area (Å²) in [5.41, 5.74) is 3.02. The third kappa shape index (κ3) is 2.60. The first-order chi connectivity index (χ1) is 9.59. The van der Waals surface area contributed by atoms with Crippen LogP contribution in [0, 0.1) is 0 Å². The van der Waals surface area contributed by atoms with E-state index in [2.05, 4.69) is 41.9 Å². The molecule has 1 fully saturated rings. The van der Waals surface area contributed by atoms with Crippen LogP contribution >= 0.6 is 11.6 Å². The molecule has 0 atom stereocenters. The number of rotatable bonds is 2. The van der Waals surface area contributed by atoms with Gasteiger partial charge in [0.05, 0.1) is 29.3 Å². The maximum atomic E-state index is 5.99. The van der Waals surface area contributed by atoms with Crippen LogP contribution < -0.4 is 4.90 Å². The van der Waals surface area contributed by atoms with Gasteiger partial charge in [-0.2, -0.15) is 0 Å². The van der Waals surface area contributed by atoms with E-state index in [1.54, 1.807) is 0 Å². The minimum Gasteiger partial charge on any atom is -0.372 e. The maximum Gasteiger partial charge on any atom is 0.0801 e. The molecule has 0 unspecified atom stereocenters. The molecular formula is C16H19ClN2O. The number of halogens is 1. The third-order valence-corrected chi connectivity index (χ3v) is 3.92. The van der Waals surface area contributed by atoms with Crippen molar-refractivity contribution in [2.24, 2.45) is 0 Å². The second kappa shape index (κ2) is 5.23. The molecule has 2 aromatic rings. The average Bonchev–Trinajstić information content (AvgIpc) is 2.45. The van der Waals surface area contributed by atoms with E-state index >= 15 is 0 Å². The maximum absolute atomic E-state index is 5.99. The van der Waals surface area contributed by atoms with Gasteiger partial charge in [-0.25, -0.2) is 0 Å². The number of anilines is 1. The summed E-state index contributed by atoms with van der Waals surface area (Å²) in [6.45, 7) is 6.79. The molecule has 0 amide bonds. The first-order valence-corrected chi connectivity index (χ1v) is 7.46. The van der Waals surface area contributed by atoms with Crippen molar-refractivity contribution >= 4 is 28.2 Å². The van der Waals surface area contributed by atoms with Gasteiger partial charge >= 0.3 is 0 Å².